The lowest BCUT2D eigenvalue weighted by Crippen LogP contribution is -2.15. The Balaban J connectivity index is 1.92. The van der Waals surface area contributed by atoms with Gasteiger partial charge in [0.2, 0.25) is 5.91 Å². The van der Waals surface area contributed by atoms with Crippen molar-refractivity contribution in [2.24, 2.45) is 0 Å². The number of anilines is 2. The Bertz CT molecular complexity index is 694. The molecule has 2 aromatic rings. The number of nitrogen functional groups attached to an aromatic ring is 1. The second kappa shape index (κ2) is 8.14. The zero-order valence-corrected chi connectivity index (χ0v) is 13.3. The number of benzene rings is 1. The van der Waals surface area contributed by atoms with Gasteiger partial charge in [-0.2, -0.15) is 0 Å². The fraction of sp³-hybridized carbons (Fsp3) is 0.200. The highest BCUT2D eigenvalue weighted by molar-refractivity contribution is 7.99. The van der Waals surface area contributed by atoms with Crippen molar-refractivity contribution in [1.82, 2.24) is 9.97 Å². The molecule has 1 aromatic heterocycles. The first kappa shape index (κ1) is 16.8. The second-order valence-electron chi connectivity index (χ2n) is 4.37. The lowest BCUT2D eigenvalue weighted by Gasteiger charge is -2.06. The molecule has 0 radical (unpaired) electrons. The van der Waals surface area contributed by atoms with Gasteiger partial charge in [0.05, 0.1) is 12.4 Å². The third kappa shape index (κ3) is 4.96. The molecule has 1 aromatic carbocycles. The maximum Gasteiger partial charge on any atom is 0.343 e. The molecule has 0 fully saturated rings. The van der Waals surface area contributed by atoms with Crippen LogP contribution >= 0.6 is 11.8 Å². The van der Waals surface area contributed by atoms with E-state index in [2.05, 4.69) is 15.3 Å². The SMILES string of the molecule is CCOC(=O)c1cnc(SCC(=O)Nc2ccccc2)nc1N. The first-order chi connectivity index (χ1) is 11.1. The van der Waals surface area contributed by atoms with Crippen LogP contribution in [0.25, 0.3) is 0 Å². The van der Waals surface area contributed by atoms with Crippen molar-refractivity contribution in [3.05, 3.63) is 42.1 Å². The first-order valence-corrected chi connectivity index (χ1v) is 7.86. The van der Waals surface area contributed by atoms with Crippen LogP contribution in [0.1, 0.15) is 17.3 Å². The highest BCUT2D eigenvalue weighted by Gasteiger charge is 2.14. The van der Waals surface area contributed by atoms with Crippen LogP contribution < -0.4 is 11.1 Å². The van der Waals surface area contributed by atoms with Crippen molar-refractivity contribution in [3.63, 3.8) is 0 Å². The Hall–Kier alpha value is -2.61. The molecule has 23 heavy (non-hydrogen) atoms. The number of amides is 1. The molecule has 0 saturated heterocycles. The largest absolute Gasteiger partial charge is 0.462 e. The summed E-state index contributed by atoms with van der Waals surface area (Å²) < 4.78 is 4.84. The molecule has 120 valence electrons. The Morgan fingerprint density at radius 1 is 1.30 bits per heavy atom. The molecule has 0 aliphatic carbocycles. The number of nitrogens with two attached hydrogens (primary N) is 1. The molecule has 7 nitrogen and oxygen atoms in total. The average molecular weight is 332 g/mol. The van der Waals surface area contributed by atoms with Crippen molar-refractivity contribution < 1.29 is 14.3 Å². The molecule has 0 unspecified atom stereocenters. The highest BCUT2D eigenvalue weighted by atomic mass is 32.2. The summed E-state index contributed by atoms with van der Waals surface area (Å²) >= 11 is 1.13. The van der Waals surface area contributed by atoms with E-state index in [4.69, 9.17) is 10.5 Å². The lowest BCUT2D eigenvalue weighted by atomic mass is 10.3. The summed E-state index contributed by atoms with van der Waals surface area (Å²) in [7, 11) is 0. The summed E-state index contributed by atoms with van der Waals surface area (Å²) in [6.07, 6.45) is 1.30. The number of nitrogens with one attached hydrogen (secondary N) is 1. The Labute approximate surface area is 137 Å². The summed E-state index contributed by atoms with van der Waals surface area (Å²) in [5.74, 6) is -0.585. The predicted octanol–water partition coefficient (Wildman–Crippen LogP) is 1.97. The van der Waals surface area contributed by atoms with E-state index in [0.717, 1.165) is 17.4 Å². The van der Waals surface area contributed by atoms with Crippen LogP contribution in [0, 0.1) is 0 Å². The number of esters is 1. The van der Waals surface area contributed by atoms with Crippen LogP contribution in [-0.4, -0.2) is 34.2 Å². The van der Waals surface area contributed by atoms with E-state index in [-0.39, 0.29) is 29.6 Å². The van der Waals surface area contributed by atoms with Gasteiger partial charge in [0.25, 0.3) is 0 Å². The number of nitrogens with zero attached hydrogens (tertiary/aromatic N) is 2. The van der Waals surface area contributed by atoms with Gasteiger partial charge >= 0.3 is 5.97 Å². The molecule has 0 aliphatic rings. The molecule has 0 spiro atoms. The standard InChI is InChI=1S/C15H16N4O3S/c1-2-22-14(21)11-8-17-15(19-13(11)16)23-9-12(20)18-10-6-4-3-5-7-10/h3-8H,2,9H2,1H3,(H,18,20)(H2,16,17,19). The van der Waals surface area contributed by atoms with Crippen LogP contribution in [0.15, 0.2) is 41.7 Å². The number of thioether (sulfide) groups is 1. The molecule has 8 heteroatoms. The van der Waals surface area contributed by atoms with Crippen LogP contribution in [0.5, 0.6) is 0 Å². The van der Waals surface area contributed by atoms with Crippen molar-refractivity contribution in [1.29, 1.82) is 0 Å². The molecule has 0 saturated carbocycles. The summed E-state index contributed by atoms with van der Waals surface area (Å²) in [5, 5.41) is 3.07. The fourth-order valence-electron chi connectivity index (χ4n) is 1.66. The number of aromatic nitrogens is 2. The third-order valence-electron chi connectivity index (χ3n) is 2.68. The number of ether oxygens (including phenoxy) is 1. The highest BCUT2D eigenvalue weighted by Crippen LogP contribution is 2.17. The summed E-state index contributed by atoms with van der Waals surface area (Å²) in [4.78, 5) is 31.4. The van der Waals surface area contributed by atoms with E-state index in [9.17, 15) is 9.59 Å². The van der Waals surface area contributed by atoms with E-state index < -0.39 is 5.97 Å². The zero-order valence-electron chi connectivity index (χ0n) is 12.5. The van der Waals surface area contributed by atoms with Crippen LogP contribution in [-0.2, 0) is 9.53 Å². The monoisotopic (exact) mass is 332 g/mol. The topological polar surface area (TPSA) is 107 Å². The summed E-state index contributed by atoms with van der Waals surface area (Å²) in [5.41, 5.74) is 6.55. The molecule has 0 aliphatic heterocycles. The Kier molecular flexibility index (Phi) is 5.93. The lowest BCUT2D eigenvalue weighted by molar-refractivity contribution is -0.113. The van der Waals surface area contributed by atoms with Crippen molar-refractivity contribution in [2.75, 3.05) is 23.4 Å². The van der Waals surface area contributed by atoms with E-state index in [0.29, 0.717) is 5.16 Å². The van der Waals surface area contributed by atoms with Gasteiger partial charge in [-0.25, -0.2) is 14.8 Å². The fourth-order valence-corrected chi connectivity index (χ4v) is 2.28. The minimum atomic E-state index is -0.566. The molecule has 1 heterocycles. The molecule has 1 amide bonds. The number of hydrogen-bond acceptors (Lipinski definition) is 7. The van der Waals surface area contributed by atoms with Crippen LogP contribution in [0.4, 0.5) is 11.5 Å². The minimum Gasteiger partial charge on any atom is -0.462 e. The number of rotatable bonds is 6. The van der Waals surface area contributed by atoms with Crippen molar-refractivity contribution >= 4 is 35.1 Å². The third-order valence-corrected chi connectivity index (χ3v) is 3.54. The van der Waals surface area contributed by atoms with Gasteiger partial charge < -0.3 is 15.8 Å². The smallest absolute Gasteiger partial charge is 0.343 e. The van der Waals surface area contributed by atoms with Crippen LogP contribution in [0.2, 0.25) is 0 Å². The van der Waals surface area contributed by atoms with Crippen LogP contribution in [0.3, 0.4) is 0 Å². The van der Waals surface area contributed by atoms with Crippen molar-refractivity contribution in [3.8, 4) is 0 Å². The van der Waals surface area contributed by atoms with E-state index in [1.54, 1.807) is 19.1 Å². The molecular formula is C15H16N4O3S. The van der Waals surface area contributed by atoms with Gasteiger partial charge in [0.1, 0.15) is 11.4 Å². The van der Waals surface area contributed by atoms with Gasteiger partial charge in [-0.1, -0.05) is 30.0 Å². The van der Waals surface area contributed by atoms with Gasteiger partial charge in [-0.3, -0.25) is 4.79 Å². The molecule has 0 atom stereocenters. The predicted molar refractivity (Wildman–Crippen MR) is 88.2 cm³/mol. The maximum absolute atomic E-state index is 11.8. The number of hydrogen-bond donors (Lipinski definition) is 2. The average Bonchev–Trinajstić information content (AvgIpc) is 2.54. The van der Waals surface area contributed by atoms with Gasteiger partial charge in [0, 0.05) is 11.9 Å². The normalized spacial score (nSPS) is 10.1. The number of para-hydroxylation sites is 1. The summed E-state index contributed by atoms with van der Waals surface area (Å²) in [6, 6.07) is 9.13. The van der Waals surface area contributed by atoms with Gasteiger partial charge in [-0.15, -0.1) is 0 Å². The van der Waals surface area contributed by atoms with Crippen molar-refractivity contribution in [2.45, 2.75) is 12.1 Å². The van der Waals surface area contributed by atoms with Gasteiger partial charge in [0.15, 0.2) is 5.16 Å². The molecule has 0 bridgehead atoms. The molecule has 3 N–H and O–H groups in total. The molecular weight excluding hydrogens is 316 g/mol. The number of carbonyl (C=O) groups is 2. The molecule has 2 rings (SSSR count). The number of carbonyl (C=O) groups excluding carboxylic acids is 2. The second-order valence-corrected chi connectivity index (χ2v) is 5.32. The Morgan fingerprint density at radius 2 is 2.04 bits per heavy atom. The minimum absolute atomic E-state index is 0.0319. The maximum atomic E-state index is 11.8. The van der Waals surface area contributed by atoms with E-state index in [1.165, 1.54) is 6.20 Å². The quantitative estimate of drug-likeness (QED) is 0.473. The summed E-state index contributed by atoms with van der Waals surface area (Å²) in [6.45, 7) is 1.94. The first-order valence-electron chi connectivity index (χ1n) is 6.87. The van der Waals surface area contributed by atoms with E-state index >= 15 is 0 Å². The zero-order chi connectivity index (χ0) is 16.7. The van der Waals surface area contributed by atoms with E-state index in [1.807, 2.05) is 18.2 Å². The Morgan fingerprint density at radius 3 is 2.70 bits per heavy atom. The van der Waals surface area contributed by atoms with Gasteiger partial charge in [-0.05, 0) is 19.1 Å².